The minimum atomic E-state index is -4.39. The zero-order valence-electron chi connectivity index (χ0n) is 10.6. The Labute approximate surface area is 123 Å². The summed E-state index contributed by atoms with van der Waals surface area (Å²) < 4.78 is 65.0. The number of carboxylic acid groups (broad SMARTS) is 1. The van der Waals surface area contributed by atoms with Crippen LogP contribution in [0, 0.1) is 17.5 Å². The van der Waals surface area contributed by atoms with Gasteiger partial charge in [0.15, 0.2) is 11.6 Å². The summed E-state index contributed by atoms with van der Waals surface area (Å²) in [6.07, 6.45) is 0. The van der Waals surface area contributed by atoms with E-state index in [2.05, 4.69) is 0 Å². The van der Waals surface area contributed by atoms with Crippen molar-refractivity contribution in [3.63, 3.8) is 0 Å². The van der Waals surface area contributed by atoms with Gasteiger partial charge in [0, 0.05) is 11.6 Å². The van der Waals surface area contributed by atoms with Crippen molar-refractivity contribution in [2.75, 3.05) is 4.72 Å². The third-order valence-corrected chi connectivity index (χ3v) is 3.95. The molecule has 0 unspecified atom stereocenters. The maximum atomic E-state index is 13.3. The van der Waals surface area contributed by atoms with Crippen LogP contribution in [-0.4, -0.2) is 14.4 Å². The molecular weight excluding hydrogens is 323 g/mol. The molecule has 0 spiro atoms. The predicted octanol–water partition coefficient (Wildman–Crippen LogP) is 1.27. The SMILES string of the molecule is O=C([O-])c1cc(F)cc(S(=O)(=O)Nc2ccc(F)c(F)c2)c1. The Hall–Kier alpha value is -2.55. The molecule has 0 aliphatic rings. The van der Waals surface area contributed by atoms with Crippen molar-refractivity contribution in [1.29, 1.82) is 0 Å². The molecule has 22 heavy (non-hydrogen) atoms. The second-order valence-corrected chi connectivity index (χ2v) is 5.88. The standard InChI is InChI=1S/C13H8F3NO4S/c14-8-3-7(13(18)19)4-10(5-8)22(20,21)17-9-1-2-11(15)12(16)6-9/h1-6,17H,(H,18,19)/p-1. The molecule has 0 heterocycles. The number of hydrogen-bond acceptors (Lipinski definition) is 4. The van der Waals surface area contributed by atoms with Crippen molar-refractivity contribution in [2.24, 2.45) is 0 Å². The lowest BCUT2D eigenvalue weighted by molar-refractivity contribution is -0.255. The smallest absolute Gasteiger partial charge is 0.262 e. The average Bonchev–Trinajstić information content (AvgIpc) is 2.42. The first-order valence-corrected chi connectivity index (χ1v) is 7.17. The van der Waals surface area contributed by atoms with E-state index in [0.29, 0.717) is 30.3 Å². The zero-order chi connectivity index (χ0) is 16.5. The van der Waals surface area contributed by atoms with E-state index in [1.54, 1.807) is 0 Å². The molecular formula is C13H7F3NO4S-. The maximum Gasteiger partial charge on any atom is 0.262 e. The number of carbonyl (C=O) groups excluding carboxylic acids is 1. The van der Waals surface area contributed by atoms with Gasteiger partial charge in [-0.3, -0.25) is 4.72 Å². The van der Waals surface area contributed by atoms with Crippen molar-refractivity contribution in [3.05, 3.63) is 59.4 Å². The molecule has 0 fully saturated rings. The summed E-state index contributed by atoms with van der Waals surface area (Å²) in [5.41, 5.74) is -0.983. The van der Waals surface area contributed by atoms with Crippen LogP contribution in [-0.2, 0) is 10.0 Å². The number of hydrogen-bond donors (Lipinski definition) is 1. The Morgan fingerprint density at radius 1 is 1.00 bits per heavy atom. The molecule has 2 aromatic carbocycles. The van der Waals surface area contributed by atoms with Gasteiger partial charge in [-0.1, -0.05) is 0 Å². The van der Waals surface area contributed by atoms with Crippen LogP contribution in [0.3, 0.4) is 0 Å². The molecule has 0 saturated carbocycles. The summed E-state index contributed by atoms with van der Waals surface area (Å²) in [7, 11) is -4.39. The Morgan fingerprint density at radius 3 is 2.27 bits per heavy atom. The second-order valence-electron chi connectivity index (χ2n) is 4.20. The topological polar surface area (TPSA) is 86.3 Å². The molecule has 0 amide bonds. The van der Waals surface area contributed by atoms with Crippen LogP contribution in [0.4, 0.5) is 18.9 Å². The number of anilines is 1. The highest BCUT2D eigenvalue weighted by atomic mass is 32.2. The second kappa shape index (κ2) is 5.68. The van der Waals surface area contributed by atoms with Crippen molar-refractivity contribution >= 4 is 21.7 Å². The molecule has 0 aromatic heterocycles. The highest BCUT2D eigenvalue weighted by Crippen LogP contribution is 2.20. The van der Waals surface area contributed by atoms with Crippen LogP contribution < -0.4 is 9.83 Å². The van der Waals surface area contributed by atoms with E-state index in [1.807, 2.05) is 4.72 Å². The van der Waals surface area contributed by atoms with Crippen molar-refractivity contribution in [3.8, 4) is 0 Å². The lowest BCUT2D eigenvalue weighted by Crippen LogP contribution is -2.23. The number of carbonyl (C=O) groups is 1. The number of nitrogens with one attached hydrogen (secondary N) is 1. The summed E-state index contributed by atoms with van der Waals surface area (Å²) in [4.78, 5) is 9.99. The summed E-state index contributed by atoms with van der Waals surface area (Å²) in [5.74, 6) is -5.32. The van der Waals surface area contributed by atoms with Gasteiger partial charge in [-0.25, -0.2) is 21.6 Å². The fourth-order valence-corrected chi connectivity index (χ4v) is 2.71. The Balaban J connectivity index is 2.42. The van der Waals surface area contributed by atoms with E-state index < -0.39 is 43.9 Å². The molecule has 2 rings (SSSR count). The number of benzene rings is 2. The summed E-state index contributed by atoms with van der Waals surface area (Å²) >= 11 is 0. The molecule has 0 saturated heterocycles. The van der Waals surface area contributed by atoms with Crippen LogP contribution in [0.5, 0.6) is 0 Å². The first kappa shape index (κ1) is 15.8. The third kappa shape index (κ3) is 3.37. The number of rotatable bonds is 4. The summed E-state index contributed by atoms with van der Waals surface area (Å²) in [5, 5.41) is 10.7. The van der Waals surface area contributed by atoms with Gasteiger partial charge in [0.25, 0.3) is 10.0 Å². The Kier molecular flexibility index (Phi) is 4.09. The average molecular weight is 330 g/mol. The fourth-order valence-electron chi connectivity index (χ4n) is 1.61. The van der Waals surface area contributed by atoms with E-state index in [0.717, 1.165) is 6.07 Å². The van der Waals surface area contributed by atoms with Gasteiger partial charge < -0.3 is 9.90 Å². The van der Waals surface area contributed by atoms with Crippen LogP contribution in [0.15, 0.2) is 41.3 Å². The van der Waals surface area contributed by atoms with Crippen molar-refractivity contribution in [2.45, 2.75) is 4.90 Å². The van der Waals surface area contributed by atoms with Crippen LogP contribution in [0.2, 0.25) is 0 Å². The Bertz CT molecular complexity index is 852. The lowest BCUT2D eigenvalue weighted by Gasteiger charge is -2.10. The summed E-state index contributed by atoms with van der Waals surface area (Å²) in [6, 6.07) is 4.09. The minimum Gasteiger partial charge on any atom is -0.545 e. The van der Waals surface area contributed by atoms with E-state index in [-0.39, 0.29) is 5.69 Å². The van der Waals surface area contributed by atoms with E-state index in [1.165, 1.54) is 0 Å². The molecule has 0 radical (unpaired) electrons. The van der Waals surface area contributed by atoms with Gasteiger partial charge in [-0.05, 0) is 30.3 Å². The van der Waals surface area contributed by atoms with E-state index >= 15 is 0 Å². The first-order chi connectivity index (χ1) is 10.2. The monoisotopic (exact) mass is 330 g/mol. The van der Waals surface area contributed by atoms with Crippen molar-refractivity contribution in [1.82, 2.24) is 0 Å². The van der Waals surface area contributed by atoms with Gasteiger partial charge in [0.1, 0.15) is 5.82 Å². The largest absolute Gasteiger partial charge is 0.545 e. The predicted molar refractivity (Wildman–Crippen MR) is 67.9 cm³/mol. The quantitative estimate of drug-likeness (QED) is 0.915. The van der Waals surface area contributed by atoms with E-state index in [4.69, 9.17) is 0 Å². The highest BCUT2D eigenvalue weighted by molar-refractivity contribution is 7.92. The number of carboxylic acids is 1. The Morgan fingerprint density at radius 2 is 1.68 bits per heavy atom. The minimum absolute atomic E-state index is 0.307. The van der Waals surface area contributed by atoms with Crippen molar-refractivity contribution < 1.29 is 31.5 Å². The molecule has 9 heteroatoms. The molecule has 0 aliphatic heterocycles. The number of aromatic carboxylic acids is 1. The molecule has 116 valence electrons. The lowest BCUT2D eigenvalue weighted by atomic mass is 10.2. The summed E-state index contributed by atoms with van der Waals surface area (Å²) in [6.45, 7) is 0. The van der Waals surface area contributed by atoms with Crippen LogP contribution in [0.25, 0.3) is 0 Å². The normalized spacial score (nSPS) is 11.2. The van der Waals surface area contributed by atoms with Gasteiger partial charge in [-0.2, -0.15) is 0 Å². The molecule has 0 bridgehead atoms. The highest BCUT2D eigenvalue weighted by Gasteiger charge is 2.17. The molecule has 0 aliphatic carbocycles. The number of halogens is 3. The zero-order valence-corrected chi connectivity index (χ0v) is 11.5. The van der Waals surface area contributed by atoms with Gasteiger partial charge in [-0.15, -0.1) is 0 Å². The van der Waals surface area contributed by atoms with E-state index in [9.17, 15) is 31.5 Å². The third-order valence-electron chi connectivity index (χ3n) is 2.59. The number of sulfonamides is 1. The first-order valence-electron chi connectivity index (χ1n) is 5.69. The molecule has 5 nitrogen and oxygen atoms in total. The molecule has 0 atom stereocenters. The van der Waals surface area contributed by atoms with Crippen LogP contribution >= 0.6 is 0 Å². The molecule has 1 N–H and O–H groups in total. The maximum absolute atomic E-state index is 13.3. The fraction of sp³-hybridized carbons (Fsp3) is 0. The molecule has 2 aromatic rings. The van der Waals surface area contributed by atoms with Gasteiger partial charge >= 0.3 is 0 Å². The van der Waals surface area contributed by atoms with Gasteiger partial charge in [0.05, 0.1) is 16.6 Å². The van der Waals surface area contributed by atoms with Crippen LogP contribution in [0.1, 0.15) is 10.4 Å². The van der Waals surface area contributed by atoms with Gasteiger partial charge in [0.2, 0.25) is 0 Å².